The van der Waals surface area contributed by atoms with E-state index >= 15 is 0 Å². The zero-order valence-corrected chi connectivity index (χ0v) is 16.6. The smallest absolute Gasteiger partial charge is 0.302 e. The molecule has 0 radical (unpaired) electrons. The van der Waals surface area contributed by atoms with Crippen molar-refractivity contribution in [1.82, 2.24) is 15.3 Å². The van der Waals surface area contributed by atoms with Gasteiger partial charge in [-0.2, -0.15) is 0 Å². The van der Waals surface area contributed by atoms with Gasteiger partial charge in [0.25, 0.3) is 0 Å². The minimum atomic E-state index is -0.257. The number of hydrogen-bond donors (Lipinski definition) is 2. The van der Waals surface area contributed by atoms with Gasteiger partial charge in [0.1, 0.15) is 12.4 Å². The minimum absolute atomic E-state index is 0.0921. The molecular formula is C22H27N3O2. The SMILES string of the molecule is CC(=O)OCc1c(C)cc(C)c(CN[C@H](C)c2nc3ccccc3[nH]2)c1C. The van der Waals surface area contributed by atoms with Gasteiger partial charge < -0.3 is 15.0 Å². The monoisotopic (exact) mass is 365 g/mol. The highest BCUT2D eigenvalue weighted by Crippen LogP contribution is 2.24. The number of imidazole rings is 1. The molecule has 3 aromatic rings. The van der Waals surface area contributed by atoms with Crippen molar-refractivity contribution in [2.75, 3.05) is 0 Å². The predicted octanol–water partition coefficient (Wildman–Crippen LogP) is 4.40. The second-order valence-corrected chi connectivity index (χ2v) is 7.11. The van der Waals surface area contributed by atoms with Crippen LogP contribution in [-0.4, -0.2) is 15.9 Å². The Kier molecular flexibility index (Phi) is 5.61. The van der Waals surface area contributed by atoms with Crippen LogP contribution >= 0.6 is 0 Å². The number of esters is 1. The Labute approximate surface area is 160 Å². The fraction of sp³-hybridized carbons (Fsp3) is 0.364. The van der Waals surface area contributed by atoms with E-state index in [1.807, 2.05) is 24.3 Å². The summed E-state index contributed by atoms with van der Waals surface area (Å²) >= 11 is 0. The number of rotatable bonds is 6. The maximum atomic E-state index is 11.2. The Balaban J connectivity index is 1.78. The van der Waals surface area contributed by atoms with Crippen LogP contribution < -0.4 is 5.32 Å². The van der Waals surface area contributed by atoms with E-state index in [4.69, 9.17) is 4.74 Å². The van der Waals surface area contributed by atoms with Crippen LogP contribution in [0.5, 0.6) is 0 Å². The quantitative estimate of drug-likeness (QED) is 0.635. The number of carbonyl (C=O) groups excluding carboxylic acids is 1. The number of ether oxygens (including phenoxy) is 1. The van der Waals surface area contributed by atoms with Gasteiger partial charge in [-0.25, -0.2) is 4.98 Å². The van der Waals surface area contributed by atoms with Gasteiger partial charge in [-0.15, -0.1) is 0 Å². The largest absolute Gasteiger partial charge is 0.461 e. The molecule has 0 fully saturated rings. The molecule has 0 spiro atoms. The van der Waals surface area contributed by atoms with Gasteiger partial charge in [0.15, 0.2) is 0 Å². The van der Waals surface area contributed by atoms with Crippen LogP contribution in [0.4, 0.5) is 0 Å². The third kappa shape index (κ3) is 4.19. The lowest BCUT2D eigenvalue weighted by atomic mass is 9.93. The maximum absolute atomic E-state index is 11.2. The lowest BCUT2D eigenvalue weighted by Crippen LogP contribution is -2.21. The molecule has 0 aliphatic heterocycles. The molecule has 0 amide bonds. The molecular weight excluding hydrogens is 338 g/mol. The summed E-state index contributed by atoms with van der Waals surface area (Å²) in [5.74, 6) is 0.673. The third-order valence-corrected chi connectivity index (χ3v) is 5.11. The Morgan fingerprint density at radius 1 is 1.19 bits per heavy atom. The van der Waals surface area contributed by atoms with Crippen LogP contribution in [0.25, 0.3) is 11.0 Å². The first kappa shape index (κ1) is 19.1. The predicted molar refractivity (Wildman–Crippen MR) is 107 cm³/mol. The summed E-state index contributed by atoms with van der Waals surface area (Å²) in [4.78, 5) is 19.3. The van der Waals surface area contributed by atoms with Crippen LogP contribution in [0, 0.1) is 20.8 Å². The molecule has 3 rings (SSSR count). The molecule has 0 saturated heterocycles. The first-order valence-corrected chi connectivity index (χ1v) is 9.26. The summed E-state index contributed by atoms with van der Waals surface area (Å²) in [6.45, 7) is 10.9. The van der Waals surface area contributed by atoms with E-state index < -0.39 is 0 Å². The number of aryl methyl sites for hydroxylation is 2. The van der Waals surface area contributed by atoms with Crippen LogP contribution in [0.1, 0.15) is 53.5 Å². The van der Waals surface area contributed by atoms with Crippen LogP contribution in [0.15, 0.2) is 30.3 Å². The van der Waals surface area contributed by atoms with Crippen molar-refractivity contribution in [2.45, 2.75) is 53.8 Å². The number of carbonyl (C=O) groups is 1. The average molecular weight is 365 g/mol. The number of nitrogens with zero attached hydrogens (tertiary/aromatic N) is 1. The second-order valence-electron chi connectivity index (χ2n) is 7.11. The van der Waals surface area contributed by atoms with Gasteiger partial charge in [0, 0.05) is 13.5 Å². The zero-order chi connectivity index (χ0) is 19.6. The normalized spacial score (nSPS) is 12.3. The standard InChI is InChI=1S/C22H27N3O2/c1-13-10-14(2)19(12-27-17(5)26)15(3)18(13)11-23-16(4)22-24-20-8-6-7-9-21(20)25-22/h6-10,16,23H,11-12H2,1-5H3,(H,24,25)/t16-/m1/s1. The van der Waals surface area contributed by atoms with Gasteiger partial charge in [0.05, 0.1) is 17.1 Å². The molecule has 5 heteroatoms. The number of fused-ring (bicyclic) bond motifs is 1. The number of para-hydroxylation sites is 2. The zero-order valence-electron chi connectivity index (χ0n) is 16.6. The third-order valence-electron chi connectivity index (χ3n) is 5.11. The van der Waals surface area contributed by atoms with E-state index in [1.54, 1.807) is 0 Å². The Hall–Kier alpha value is -2.66. The number of nitrogens with one attached hydrogen (secondary N) is 2. The lowest BCUT2D eigenvalue weighted by molar-refractivity contribution is -0.142. The summed E-state index contributed by atoms with van der Waals surface area (Å²) < 4.78 is 5.24. The Morgan fingerprint density at radius 2 is 1.89 bits per heavy atom. The highest BCUT2D eigenvalue weighted by atomic mass is 16.5. The molecule has 5 nitrogen and oxygen atoms in total. The fourth-order valence-electron chi connectivity index (χ4n) is 3.47. The topological polar surface area (TPSA) is 67.0 Å². The highest BCUT2D eigenvalue weighted by Gasteiger charge is 2.15. The molecule has 0 unspecified atom stereocenters. The minimum Gasteiger partial charge on any atom is -0.461 e. The van der Waals surface area contributed by atoms with Gasteiger partial charge in [-0.1, -0.05) is 18.2 Å². The molecule has 1 atom stereocenters. The summed E-state index contributed by atoms with van der Waals surface area (Å²) in [6.07, 6.45) is 0. The van der Waals surface area contributed by atoms with Crippen molar-refractivity contribution in [3.63, 3.8) is 0 Å². The van der Waals surface area contributed by atoms with Crippen LogP contribution in [-0.2, 0) is 22.7 Å². The van der Waals surface area contributed by atoms with Crippen molar-refractivity contribution in [2.24, 2.45) is 0 Å². The summed E-state index contributed by atoms with van der Waals surface area (Å²) in [5, 5.41) is 3.57. The van der Waals surface area contributed by atoms with Gasteiger partial charge >= 0.3 is 5.97 Å². The fourth-order valence-corrected chi connectivity index (χ4v) is 3.47. The first-order valence-electron chi connectivity index (χ1n) is 9.26. The van der Waals surface area contributed by atoms with E-state index in [2.05, 4.69) is 49.0 Å². The molecule has 2 aromatic carbocycles. The summed E-state index contributed by atoms with van der Waals surface area (Å²) in [7, 11) is 0. The summed E-state index contributed by atoms with van der Waals surface area (Å²) in [6, 6.07) is 10.3. The Bertz CT molecular complexity index is 942. The molecule has 0 aliphatic carbocycles. The van der Waals surface area contributed by atoms with E-state index in [-0.39, 0.29) is 12.0 Å². The molecule has 27 heavy (non-hydrogen) atoms. The lowest BCUT2D eigenvalue weighted by Gasteiger charge is -2.19. The molecule has 2 N–H and O–H groups in total. The molecule has 1 heterocycles. The van der Waals surface area contributed by atoms with Gasteiger partial charge in [-0.3, -0.25) is 4.79 Å². The van der Waals surface area contributed by atoms with Crippen molar-refractivity contribution in [3.05, 3.63) is 64.0 Å². The van der Waals surface area contributed by atoms with Crippen molar-refractivity contribution in [3.8, 4) is 0 Å². The average Bonchev–Trinajstić information content (AvgIpc) is 3.05. The molecule has 0 saturated carbocycles. The number of H-pyrrole nitrogens is 1. The van der Waals surface area contributed by atoms with E-state index in [0.29, 0.717) is 6.61 Å². The van der Waals surface area contributed by atoms with Crippen molar-refractivity contribution >= 4 is 17.0 Å². The van der Waals surface area contributed by atoms with Gasteiger partial charge in [0.2, 0.25) is 0 Å². The molecule has 0 bridgehead atoms. The maximum Gasteiger partial charge on any atom is 0.302 e. The van der Waals surface area contributed by atoms with E-state index in [0.717, 1.165) is 34.5 Å². The number of hydrogen-bond acceptors (Lipinski definition) is 4. The van der Waals surface area contributed by atoms with Gasteiger partial charge in [-0.05, 0) is 67.6 Å². The van der Waals surface area contributed by atoms with E-state index in [9.17, 15) is 4.79 Å². The highest BCUT2D eigenvalue weighted by molar-refractivity contribution is 5.74. The van der Waals surface area contributed by atoms with E-state index in [1.165, 1.54) is 23.6 Å². The number of benzene rings is 2. The Morgan fingerprint density at radius 3 is 2.59 bits per heavy atom. The second kappa shape index (κ2) is 7.92. The molecule has 142 valence electrons. The van der Waals surface area contributed by atoms with Crippen LogP contribution in [0.2, 0.25) is 0 Å². The van der Waals surface area contributed by atoms with Crippen molar-refractivity contribution < 1.29 is 9.53 Å². The summed E-state index contributed by atoms with van der Waals surface area (Å²) in [5.41, 5.74) is 7.93. The first-order chi connectivity index (χ1) is 12.9. The number of aromatic nitrogens is 2. The molecule has 0 aliphatic rings. The van der Waals surface area contributed by atoms with Crippen LogP contribution in [0.3, 0.4) is 0 Å². The molecule has 1 aromatic heterocycles. The van der Waals surface area contributed by atoms with Crippen molar-refractivity contribution in [1.29, 1.82) is 0 Å². The number of aromatic amines is 1.